The lowest BCUT2D eigenvalue weighted by molar-refractivity contribution is -0.123. The van der Waals surface area contributed by atoms with Crippen LogP contribution in [0, 0.1) is 11.8 Å². The Morgan fingerprint density at radius 3 is 1.30 bits per heavy atom. The highest BCUT2D eigenvalue weighted by Gasteiger charge is 2.31. The molecule has 274 valence electrons. The minimum absolute atomic E-state index is 0. The Balaban J connectivity index is 0.0000202. The van der Waals surface area contributed by atoms with Gasteiger partial charge in [-0.2, -0.15) is 0 Å². The zero-order chi connectivity index (χ0) is 32.6. The number of halogens is 1. The molecule has 1 rings (SSSR count). The molecule has 0 aromatic rings. The van der Waals surface area contributed by atoms with Crippen molar-refractivity contribution in [3.63, 3.8) is 0 Å². The molecular formula is C41H82ClN3O. The van der Waals surface area contributed by atoms with E-state index in [0.717, 1.165) is 32.4 Å². The Labute approximate surface area is 295 Å². The van der Waals surface area contributed by atoms with Gasteiger partial charge in [-0.1, -0.05) is 201 Å². The first kappa shape index (κ1) is 45.2. The maximum absolute atomic E-state index is 12.7. The van der Waals surface area contributed by atoms with Gasteiger partial charge in [-0.3, -0.25) is 9.79 Å². The Morgan fingerprint density at radius 1 is 0.587 bits per heavy atom. The lowest BCUT2D eigenvalue weighted by atomic mass is 9.86. The van der Waals surface area contributed by atoms with Crippen molar-refractivity contribution in [3.05, 3.63) is 0 Å². The summed E-state index contributed by atoms with van der Waals surface area (Å²) in [7, 11) is 0. The van der Waals surface area contributed by atoms with Crippen molar-refractivity contribution in [2.75, 3.05) is 13.1 Å². The number of unbranched alkanes of at least 4 members (excludes halogenated alkanes) is 25. The summed E-state index contributed by atoms with van der Waals surface area (Å²) in [5.41, 5.74) is 6.05. The maximum atomic E-state index is 12.7. The predicted octanol–water partition coefficient (Wildman–Crippen LogP) is 13.0. The Morgan fingerprint density at radius 2 is 0.957 bits per heavy atom. The van der Waals surface area contributed by atoms with Gasteiger partial charge in [-0.15, -0.1) is 12.4 Å². The SMILES string of the molecule is CCCCCCCCCCCCCCCCC(C(N)=O)C(CCC(C)CCCCCCCCCCCCCCC)N1C=NCC1.Cl. The summed E-state index contributed by atoms with van der Waals surface area (Å²) in [6.45, 7) is 8.81. The molecule has 5 heteroatoms. The van der Waals surface area contributed by atoms with Crippen molar-refractivity contribution in [2.24, 2.45) is 22.6 Å². The predicted molar refractivity (Wildman–Crippen MR) is 207 cm³/mol. The monoisotopic (exact) mass is 668 g/mol. The molecule has 0 bridgehead atoms. The summed E-state index contributed by atoms with van der Waals surface area (Å²) in [4.78, 5) is 19.5. The Bertz CT molecular complexity index is 672. The van der Waals surface area contributed by atoms with Crippen molar-refractivity contribution in [2.45, 2.75) is 226 Å². The summed E-state index contributed by atoms with van der Waals surface area (Å²) in [6.07, 6.45) is 44.0. The smallest absolute Gasteiger partial charge is 0.222 e. The first-order chi connectivity index (χ1) is 22.1. The number of carbonyl (C=O) groups excluding carboxylic acids is 1. The third-order valence-electron chi connectivity index (χ3n) is 10.6. The zero-order valence-corrected chi connectivity index (χ0v) is 32.2. The van der Waals surface area contributed by atoms with Gasteiger partial charge < -0.3 is 10.6 Å². The molecule has 4 nitrogen and oxygen atoms in total. The van der Waals surface area contributed by atoms with E-state index >= 15 is 0 Å². The summed E-state index contributed by atoms with van der Waals surface area (Å²) < 4.78 is 0. The normalized spacial score (nSPS) is 14.8. The molecule has 46 heavy (non-hydrogen) atoms. The molecule has 0 aromatic heterocycles. The molecule has 0 spiro atoms. The molecule has 0 saturated carbocycles. The number of carbonyl (C=O) groups is 1. The first-order valence-corrected chi connectivity index (χ1v) is 20.6. The van der Waals surface area contributed by atoms with E-state index in [-0.39, 0.29) is 30.3 Å². The zero-order valence-electron chi connectivity index (χ0n) is 31.4. The van der Waals surface area contributed by atoms with Gasteiger partial charge in [0, 0.05) is 12.6 Å². The Kier molecular flexibility index (Phi) is 33.5. The van der Waals surface area contributed by atoms with Gasteiger partial charge in [0.1, 0.15) is 0 Å². The molecule has 1 aliphatic rings. The van der Waals surface area contributed by atoms with Crippen LogP contribution in [0.4, 0.5) is 0 Å². The highest BCUT2D eigenvalue weighted by Crippen LogP contribution is 2.27. The number of nitrogens with two attached hydrogens (primary N) is 1. The van der Waals surface area contributed by atoms with Crippen LogP contribution in [0.25, 0.3) is 0 Å². The average Bonchev–Trinajstić information content (AvgIpc) is 3.57. The summed E-state index contributed by atoms with van der Waals surface area (Å²) in [5, 5.41) is 0. The highest BCUT2D eigenvalue weighted by atomic mass is 35.5. The van der Waals surface area contributed by atoms with Crippen LogP contribution in [0.3, 0.4) is 0 Å². The van der Waals surface area contributed by atoms with Crippen LogP contribution in [0.5, 0.6) is 0 Å². The number of primary amides is 1. The largest absolute Gasteiger partial charge is 0.369 e. The van der Waals surface area contributed by atoms with Gasteiger partial charge >= 0.3 is 0 Å². The number of amides is 1. The van der Waals surface area contributed by atoms with Gasteiger partial charge in [0.2, 0.25) is 5.91 Å². The molecular weight excluding hydrogens is 586 g/mol. The van der Waals surface area contributed by atoms with E-state index in [1.807, 2.05) is 6.34 Å². The fourth-order valence-electron chi connectivity index (χ4n) is 7.44. The maximum Gasteiger partial charge on any atom is 0.222 e. The molecule has 3 unspecified atom stereocenters. The number of hydrogen-bond donors (Lipinski definition) is 1. The molecule has 0 aliphatic carbocycles. The van der Waals surface area contributed by atoms with E-state index in [0.29, 0.717) is 5.92 Å². The van der Waals surface area contributed by atoms with Gasteiger partial charge in [-0.25, -0.2) is 0 Å². The quantitative estimate of drug-likeness (QED) is 0.0684. The van der Waals surface area contributed by atoms with Crippen molar-refractivity contribution in [3.8, 4) is 0 Å². The first-order valence-electron chi connectivity index (χ1n) is 20.6. The molecule has 3 atom stereocenters. The van der Waals surface area contributed by atoms with Crippen LogP contribution >= 0.6 is 12.4 Å². The van der Waals surface area contributed by atoms with E-state index in [1.165, 1.54) is 180 Å². The summed E-state index contributed by atoms with van der Waals surface area (Å²) in [6, 6.07) is 0.227. The van der Waals surface area contributed by atoms with Crippen molar-refractivity contribution in [1.82, 2.24) is 4.90 Å². The van der Waals surface area contributed by atoms with Crippen LogP contribution in [-0.4, -0.2) is 36.3 Å². The second-order valence-corrected chi connectivity index (χ2v) is 14.9. The van der Waals surface area contributed by atoms with E-state index < -0.39 is 0 Å². The summed E-state index contributed by atoms with van der Waals surface area (Å²) in [5.74, 6) is 0.573. The molecule has 0 aromatic carbocycles. The second-order valence-electron chi connectivity index (χ2n) is 14.9. The molecule has 0 saturated heterocycles. The van der Waals surface area contributed by atoms with Crippen molar-refractivity contribution in [1.29, 1.82) is 0 Å². The molecule has 2 N–H and O–H groups in total. The standard InChI is InChI=1S/C41H81N3O.ClH/c1-4-6-8-10-12-14-16-18-20-22-24-26-28-30-32-39(41(42)45)40(44-36-35-43-37-44)34-33-38(3)31-29-27-25-23-21-19-17-15-13-11-9-7-5-2;/h37-40H,4-36H2,1-3H3,(H2,42,45);1H. The Hall–Kier alpha value is -0.770. The van der Waals surface area contributed by atoms with E-state index in [2.05, 4.69) is 30.7 Å². The third kappa shape index (κ3) is 26.2. The fraction of sp³-hybridized carbons (Fsp3) is 0.951. The fourth-order valence-corrected chi connectivity index (χ4v) is 7.44. The van der Waals surface area contributed by atoms with Gasteiger partial charge in [0.25, 0.3) is 0 Å². The van der Waals surface area contributed by atoms with Crippen molar-refractivity contribution < 1.29 is 4.79 Å². The molecule has 1 amide bonds. The van der Waals surface area contributed by atoms with Crippen LogP contribution in [-0.2, 0) is 4.79 Å². The number of nitrogens with zero attached hydrogens (tertiary/aromatic N) is 2. The summed E-state index contributed by atoms with van der Waals surface area (Å²) >= 11 is 0. The van der Waals surface area contributed by atoms with Gasteiger partial charge in [-0.05, 0) is 25.2 Å². The molecule has 0 radical (unpaired) electrons. The molecule has 1 heterocycles. The van der Waals surface area contributed by atoms with Crippen LogP contribution in [0.1, 0.15) is 220 Å². The number of rotatable bonds is 35. The van der Waals surface area contributed by atoms with Crippen molar-refractivity contribution >= 4 is 24.7 Å². The van der Waals surface area contributed by atoms with Crippen LogP contribution < -0.4 is 5.73 Å². The molecule has 1 aliphatic heterocycles. The number of hydrogen-bond acceptors (Lipinski definition) is 3. The van der Waals surface area contributed by atoms with E-state index in [1.54, 1.807) is 0 Å². The van der Waals surface area contributed by atoms with E-state index in [4.69, 9.17) is 5.73 Å². The second kappa shape index (κ2) is 34.1. The third-order valence-corrected chi connectivity index (χ3v) is 10.6. The molecule has 0 fully saturated rings. The van der Waals surface area contributed by atoms with Gasteiger partial charge in [0.05, 0.1) is 18.8 Å². The minimum Gasteiger partial charge on any atom is -0.369 e. The minimum atomic E-state index is -0.0980. The van der Waals surface area contributed by atoms with E-state index in [9.17, 15) is 4.79 Å². The van der Waals surface area contributed by atoms with Crippen LogP contribution in [0.15, 0.2) is 4.99 Å². The number of aliphatic imine (C=N–C) groups is 1. The highest BCUT2D eigenvalue weighted by molar-refractivity contribution is 5.85. The topological polar surface area (TPSA) is 58.7 Å². The van der Waals surface area contributed by atoms with Crippen LogP contribution in [0.2, 0.25) is 0 Å². The lowest BCUT2D eigenvalue weighted by Gasteiger charge is -2.33. The van der Waals surface area contributed by atoms with Gasteiger partial charge in [0.15, 0.2) is 0 Å². The average molecular weight is 669 g/mol. The lowest BCUT2D eigenvalue weighted by Crippen LogP contribution is -2.44.